The lowest BCUT2D eigenvalue weighted by atomic mass is 9.99. The fourth-order valence-corrected chi connectivity index (χ4v) is 6.27. The first-order chi connectivity index (χ1) is 15.4. The average Bonchev–Trinajstić information content (AvgIpc) is 3.33. The van der Waals surface area contributed by atoms with Crippen molar-refractivity contribution in [3.63, 3.8) is 0 Å². The molecule has 0 atom stereocenters. The van der Waals surface area contributed by atoms with Gasteiger partial charge in [0.2, 0.25) is 5.91 Å². The molecule has 2 aromatic rings. The number of amides is 2. The number of thiophene rings is 1. The molecule has 1 aromatic heterocycles. The van der Waals surface area contributed by atoms with Gasteiger partial charge in [-0.05, 0) is 62.3 Å². The topological polar surface area (TPSA) is 117 Å². The number of fused-ring (bicyclic) bond motifs is 2. The van der Waals surface area contributed by atoms with E-state index in [2.05, 4.69) is 20.6 Å². The van der Waals surface area contributed by atoms with E-state index < -0.39 is 10.0 Å². The maximum atomic E-state index is 12.3. The molecule has 0 radical (unpaired) electrons. The van der Waals surface area contributed by atoms with Crippen LogP contribution in [0.5, 0.6) is 0 Å². The molecule has 4 rings (SSSR count). The predicted molar refractivity (Wildman–Crippen MR) is 123 cm³/mol. The van der Waals surface area contributed by atoms with Gasteiger partial charge in [0.1, 0.15) is 5.84 Å². The van der Waals surface area contributed by atoms with Crippen molar-refractivity contribution >= 4 is 39.0 Å². The molecule has 3 N–H and O–H groups in total. The van der Waals surface area contributed by atoms with Crippen molar-refractivity contribution in [2.45, 2.75) is 56.3 Å². The summed E-state index contributed by atoms with van der Waals surface area (Å²) in [4.78, 5) is 30.8. The van der Waals surface area contributed by atoms with Gasteiger partial charge in [0.05, 0.1) is 9.77 Å². The number of hydrazine groups is 1. The number of unbranched alkanes of at least 4 members (excludes halogenated alkanes) is 2. The molecular formula is C22H26N4O4S2. The average molecular weight is 475 g/mol. The molecule has 0 unspecified atom stereocenters. The van der Waals surface area contributed by atoms with Gasteiger partial charge in [-0.15, -0.1) is 11.3 Å². The molecule has 0 bridgehead atoms. The summed E-state index contributed by atoms with van der Waals surface area (Å²) >= 11 is 1.51. The summed E-state index contributed by atoms with van der Waals surface area (Å²) in [5.41, 5.74) is 6.83. The van der Waals surface area contributed by atoms with Crippen LogP contribution in [0, 0.1) is 0 Å². The van der Waals surface area contributed by atoms with Crippen molar-refractivity contribution in [3.8, 4) is 0 Å². The van der Waals surface area contributed by atoms with Crippen LogP contribution < -0.4 is 15.6 Å². The van der Waals surface area contributed by atoms with Crippen LogP contribution in [0.15, 0.2) is 40.2 Å². The Morgan fingerprint density at radius 1 is 1.06 bits per heavy atom. The molecule has 1 aliphatic carbocycles. The van der Waals surface area contributed by atoms with Crippen LogP contribution in [-0.2, 0) is 27.7 Å². The highest BCUT2D eigenvalue weighted by Gasteiger charge is 2.29. The standard InChI is InChI=1S/C22H26N4O4S2/c27-20(24-25-22(28)18-14-15-8-3-5-10-17(15)31-18)12-2-1-7-13-23-21-16-9-4-6-11-19(16)32(29,30)26-21/h4,6,9,11,14H,1-3,5,7-8,10,12-13H2,(H,23,26)(H,24,27)(H,25,28). The smallest absolute Gasteiger partial charge is 0.273 e. The van der Waals surface area contributed by atoms with Crippen molar-refractivity contribution in [3.05, 3.63) is 51.2 Å². The maximum Gasteiger partial charge on any atom is 0.279 e. The second-order valence-corrected chi connectivity index (χ2v) is 10.7. The first-order valence-electron chi connectivity index (χ1n) is 10.8. The van der Waals surface area contributed by atoms with E-state index in [1.807, 2.05) is 6.07 Å². The summed E-state index contributed by atoms with van der Waals surface area (Å²) < 4.78 is 26.6. The fourth-order valence-electron chi connectivity index (χ4n) is 3.87. The summed E-state index contributed by atoms with van der Waals surface area (Å²) in [6.45, 7) is 0.466. The number of benzene rings is 1. The van der Waals surface area contributed by atoms with Crippen molar-refractivity contribution in [2.24, 2.45) is 4.99 Å². The number of nitrogens with one attached hydrogen (secondary N) is 3. The van der Waals surface area contributed by atoms with Gasteiger partial charge in [-0.25, -0.2) is 8.42 Å². The summed E-state index contributed by atoms with van der Waals surface area (Å²) in [6.07, 6.45) is 6.84. The lowest BCUT2D eigenvalue weighted by Gasteiger charge is -2.08. The number of nitrogens with zero attached hydrogens (tertiary/aromatic N) is 1. The maximum absolute atomic E-state index is 12.3. The quantitative estimate of drug-likeness (QED) is 0.422. The fraction of sp³-hybridized carbons (Fsp3) is 0.409. The Kier molecular flexibility index (Phi) is 6.90. The van der Waals surface area contributed by atoms with E-state index in [0.29, 0.717) is 35.7 Å². The van der Waals surface area contributed by atoms with Gasteiger partial charge in [0.15, 0.2) is 0 Å². The SMILES string of the molecule is O=C(CCCCCN=C1NS(=O)(=O)c2ccccc21)NNC(=O)c1cc2c(s1)CCCC2. The lowest BCUT2D eigenvalue weighted by molar-refractivity contribution is -0.121. The second kappa shape index (κ2) is 9.83. The highest BCUT2D eigenvalue weighted by Crippen LogP contribution is 2.29. The minimum Gasteiger partial charge on any atom is -0.273 e. The van der Waals surface area contributed by atoms with Crippen molar-refractivity contribution < 1.29 is 18.0 Å². The minimum atomic E-state index is -3.52. The summed E-state index contributed by atoms with van der Waals surface area (Å²) in [7, 11) is -3.52. The summed E-state index contributed by atoms with van der Waals surface area (Å²) in [5, 5.41) is 0. The Hall–Kier alpha value is -2.72. The largest absolute Gasteiger partial charge is 0.279 e. The van der Waals surface area contributed by atoms with Gasteiger partial charge >= 0.3 is 0 Å². The molecule has 32 heavy (non-hydrogen) atoms. The molecule has 2 heterocycles. The minimum absolute atomic E-state index is 0.233. The third-order valence-electron chi connectivity index (χ3n) is 5.53. The summed E-state index contributed by atoms with van der Waals surface area (Å²) in [6, 6.07) is 8.69. The Balaban J connectivity index is 1.14. The molecular weight excluding hydrogens is 448 g/mol. The lowest BCUT2D eigenvalue weighted by Crippen LogP contribution is -2.41. The zero-order valence-electron chi connectivity index (χ0n) is 17.6. The Labute approximate surface area is 191 Å². The first-order valence-corrected chi connectivity index (χ1v) is 13.1. The second-order valence-electron chi connectivity index (χ2n) is 7.91. The number of aliphatic imine (C=N–C) groups is 1. The number of rotatable bonds is 7. The van der Waals surface area contributed by atoms with Gasteiger partial charge in [0.25, 0.3) is 15.9 Å². The van der Waals surface area contributed by atoms with E-state index in [1.54, 1.807) is 24.3 Å². The molecule has 2 aliphatic rings. The van der Waals surface area contributed by atoms with Crippen molar-refractivity contribution in [1.82, 2.24) is 15.6 Å². The molecule has 10 heteroatoms. The van der Waals surface area contributed by atoms with Gasteiger partial charge in [-0.3, -0.25) is 30.2 Å². The summed E-state index contributed by atoms with van der Waals surface area (Å²) in [5.74, 6) is -0.132. The van der Waals surface area contributed by atoms with Gasteiger partial charge < -0.3 is 0 Å². The highest BCUT2D eigenvalue weighted by molar-refractivity contribution is 7.90. The first kappa shape index (κ1) is 22.5. The number of sulfonamides is 1. The van der Waals surface area contributed by atoms with Crippen LogP contribution in [0.2, 0.25) is 0 Å². The van der Waals surface area contributed by atoms with Gasteiger partial charge in [-0.2, -0.15) is 0 Å². The molecule has 8 nitrogen and oxygen atoms in total. The van der Waals surface area contributed by atoms with Crippen LogP contribution in [0.3, 0.4) is 0 Å². The molecule has 0 saturated carbocycles. The van der Waals surface area contributed by atoms with E-state index in [0.717, 1.165) is 32.1 Å². The number of carbonyl (C=O) groups is 2. The molecule has 2 amide bonds. The van der Waals surface area contributed by atoms with Crippen molar-refractivity contribution in [1.29, 1.82) is 0 Å². The molecule has 170 valence electrons. The van der Waals surface area contributed by atoms with E-state index >= 15 is 0 Å². The number of aryl methyl sites for hydroxylation is 2. The van der Waals surface area contributed by atoms with Gasteiger partial charge in [0, 0.05) is 23.4 Å². The molecule has 0 saturated heterocycles. The number of hydrogen-bond acceptors (Lipinski definition) is 6. The Morgan fingerprint density at radius 2 is 1.88 bits per heavy atom. The molecule has 1 aromatic carbocycles. The number of carbonyl (C=O) groups excluding carboxylic acids is 2. The normalized spacial score (nSPS) is 17.3. The van der Waals surface area contributed by atoms with Gasteiger partial charge in [-0.1, -0.05) is 18.6 Å². The van der Waals surface area contributed by atoms with Crippen molar-refractivity contribution in [2.75, 3.05) is 6.54 Å². The van der Waals surface area contributed by atoms with Crippen LogP contribution >= 0.6 is 11.3 Å². The molecule has 0 fully saturated rings. The predicted octanol–water partition coefficient (Wildman–Crippen LogP) is 2.69. The van der Waals surface area contributed by atoms with Crippen LogP contribution in [0.4, 0.5) is 0 Å². The highest BCUT2D eigenvalue weighted by atomic mass is 32.2. The van der Waals surface area contributed by atoms with E-state index in [-0.39, 0.29) is 16.7 Å². The zero-order chi connectivity index (χ0) is 22.6. The third-order valence-corrected chi connectivity index (χ3v) is 8.16. The molecule has 0 spiro atoms. The van der Waals surface area contributed by atoms with E-state index in [1.165, 1.54) is 28.2 Å². The van der Waals surface area contributed by atoms with Crippen LogP contribution in [-0.4, -0.2) is 32.6 Å². The Bertz CT molecular complexity index is 1130. The zero-order valence-corrected chi connectivity index (χ0v) is 19.3. The third kappa shape index (κ3) is 5.18. The number of amidine groups is 1. The monoisotopic (exact) mass is 474 g/mol. The van der Waals surface area contributed by atoms with Crippen LogP contribution in [0.1, 0.15) is 64.2 Å². The molecule has 1 aliphatic heterocycles. The number of hydrogen-bond donors (Lipinski definition) is 3. The van der Waals surface area contributed by atoms with E-state index in [9.17, 15) is 18.0 Å². The van der Waals surface area contributed by atoms with Crippen LogP contribution in [0.25, 0.3) is 0 Å². The van der Waals surface area contributed by atoms with E-state index in [4.69, 9.17) is 0 Å². The Morgan fingerprint density at radius 3 is 2.72 bits per heavy atom.